The van der Waals surface area contributed by atoms with E-state index in [-0.39, 0.29) is 21.8 Å². The molecular weight excluding hydrogens is 321 g/mol. The van der Waals surface area contributed by atoms with E-state index < -0.39 is 5.82 Å². The van der Waals surface area contributed by atoms with Crippen LogP contribution >= 0.6 is 27.5 Å². The Morgan fingerprint density at radius 3 is 2.67 bits per heavy atom. The van der Waals surface area contributed by atoms with Crippen LogP contribution in [0.1, 0.15) is 36.0 Å². The first-order valence-corrected chi connectivity index (χ1v) is 7.20. The molecule has 2 nitrogen and oxygen atoms in total. The van der Waals surface area contributed by atoms with Crippen LogP contribution in [0.3, 0.4) is 0 Å². The molecule has 1 amide bonds. The average molecular weight is 335 g/mol. The van der Waals surface area contributed by atoms with Gasteiger partial charge in [-0.3, -0.25) is 4.79 Å². The molecule has 0 heterocycles. The highest BCUT2D eigenvalue weighted by atomic mass is 79.9. The van der Waals surface area contributed by atoms with E-state index in [0.29, 0.717) is 5.56 Å². The fourth-order valence-electron chi connectivity index (χ4n) is 2.14. The zero-order chi connectivity index (χ0) is 13.1. The van der Waals surface area contributed by atoms with Crippen molar-refractivity contribution in [1.82, 2.24) is 5.32 Å². The highest BCUT2D eigenvalue weighted by Crippen LogP contribution is 2.24. The molecule has 1 aromatic rings. The molecule has 0 spiro atoms. The van der Waals surface area contributed by atoms with E-state index in [1.807, 2.05) is 0 Å². The Hall–Kier alpha value is -0.610. The molecule has 0 unspecified atom stereocenters. The third kappa shape index (κ3) is 3.23. The topological polar surface area (TPSA) is 29.1 Å². The SMILES string of the molecule is O=C(NC1CCC(Cl)CC1)c1cccc(F)c1Br. The van der Waals surface area contributed by atoms with E-state index in [1.54, 1.807) is 6.07 Å². The molecule has 1 aromatic carbocycles. The average Bonchev–Trinajstić information content (AvgIpc) is 2.35. The summed E-state index contributed by atoms with van der Waals surface area (Å²) in [5, 5.41) is 3.15. The predicted octanol–water partition coefficient (Wildman–Crippen LogP) is 3.87. The van der Waals surface area contributed by atoms with Crippen LogP contribution in [0, 0.1) is 5.82 Å². The molecule has 0 atom stereocenters. The molecule has 0 bridgehead atoms. The Labute approximate surface area is 119 Å². The molecule has 0 saturated heterocycles. The van der Waals surface area contributed by atoms with Crippen LogP contribution in [0.25, 0.3) is 0 Å². The van der Waals surface area contributed by atoms with Crippen LogP contribution in [0.4, 0.5) is 4.39 Å². The van der Waals surface area contributed by atoms with E-state index >= 15 is 0 Å². The first-order chi connectivity index (χ1) is 8.58. The summed E-state index contributed by atoms with van der Waals surface area (Å²) in [7, 11) is 0. The lowest BCUT2D eigenvalue weighted by molar-refractivity contribution is 0.0926. The quantitative estimate of drug-likeness (QED) is 0.817. The number of carbonyl (C=O) groups excluding carboxylic acids is 1. The van der Waals surface area contributed by atoms with Crippen LogP contribution in [0.15, 0.2) is 22.7 Å². The Balaban J connectivity index is 2.01. The number of halogens is 3. The van der Waals surface area contributed by atoms with Gasteiger partial charge >= 0.3 is 0 Å². The maximum atomic E-state index is 13.3. The molecule has 0 aromatic heterocycles. The Kier molecular flexibility index (Phi) is 4.62. The number of nitrogens with one attached hydrogen (secondary N) is 1. The maximum Gasteiger partial charge on any atom is 0.252 e. The first-order valence-electron chi connectivity index (χ1n) is 5.97. The molecule has 1 aliphatic rings. The molecule has 1 fully saturated rings. The summed E-state index contributed by atoms with van der Waals surface area (Å²) >= 11 is 9.11. The molecule has 0 radical (unpaired) electrons. The first kappa shape index (κ1) is 13.8. The van der Waals surface area contributed by atoms with Crippen LogP contribution in [0.5, 0.6) is 0 Å². The number of hydrogen-bond donors (Lipinski definition) is 1. The minimum absolute atomic E-state index is 0.141. The highest BCUT2D eigenvalue weighted by Gasteiger charge is 2.22. The van der Waals surface area contributed by atoms with Crippen molar-refractivity contribution < 1.29 is 9.18 Å². The van der Waals surface area contributed by atoms with Crippen molar-refractivity contribution in [3.05, 3.63) is 34.1 Å². The van der Waals surface area contributed by atoms with Gasteiger partial charge in [0, 0.05) is 11.4 Å². The third-order valence-electron chi connectivity index (χ3n) is 3.19. The smallest absolute Gasteiger partial charge is 0.252 e. The summed E-state index contributed by atoms with van der Waals surface area (Å²) < 4.78 is 13.5. The van der Waals surface area contributed by atoms with Gasteiger partial charge in [0.2, 0.25) is 0 Å². The molecule has 1 N–H and O–H groups in total. The second-order valence-corrected chi connectivity index (χ2v) is 5.93. The van der Waals surface area contributed by atoms with E-state index in [9.17, 15) is 9.18 Å². The van der Waals surface area contributed by atoms with Gasteiger partial charge in [0.1, 0.15) is 5.82 Å². The fourth-order valence-corrected chi connectivity index (χ4v) is 2.84. The lowest BCUT2D eigenvalue weighted by atomic mass is 9.95. The molecule has 5 heteroatoms. The highest BCUT2D eigenvalue weighted by molar-refractivity contribution is 9.10. The van der Waals surface area contributed by atoms with Crippen LogP contribution in [-0.4, -0.2) is 17.3 Å². The fraction of sp³-hybridized carbons (Fsp3) is 0.462. The van der Waals surface area contributed by atoms with E-state index in [1.165, 1.54) is 12.1 Å². The van der Waals surface area contributed by atoms with Gasteiger partial charge in [-0.15, -0.1) is 11.6 Å². The molecular formula is C13H14BrClFNO. The molecule has 1 saturated carbocycles. The van der Waals surface area contributed by atoms with Gasteiger partial charge < -0.3 is 5.32 Å². The summed E-state index contributed by atoms with van der Waals surface area (Å²) in [4.78, 5) is 12.0. The van der Waals surface area contributed by atoms with Gasteiger partial charge in [-0.2, -0.15) is 0 Å². The number of hydrogen-bond acceptors (Lipinski definition) is 1. The summed E-state index contributed by atoms with van der Waals surface area (Å²) in [6, 6.07) is 4.60. The van der Waals surface area contributed by atoms with Crippen molar-refractivity contribution in [3.8, 4) is 0 Å². The number of rotatable bonds is 2. The van der Waals surface area contributed by atoms with Gasteiger partial charge in [-0.05, 0) is 53.7 Å². The van der Waals surface area contributed by atoms with Crippen LogP contribution in [-0.2, 0) is 0 Å². The van der Waals surface area contributed by atoms with Gasteiger partial charge in [0.15, 0.2) is 0 Å². The zero-order valence-electron chi connectivity index (χ0n) is 9.76. The minimum Gasteiger partial charge on any atom is -0.349 e. The third-order valence-corrected chi connectivity index (χ3v) is 4.43. The zero-order valence-corrected chi connectivity index (χ0v) is 12.1. The Morgan fingerprint density at radius 1 is 1.33 bits per heavy atom. The number of carbonyl (C=O) groups is 1. The van der Waals surface area contributed by atoms with Gasteiger partial charge in [-0.1, -0.05) is 6.07 Å². The number of amides is 1. The lowest BCUT2D eigenvalue weighted by Gasteiger charge is -2.26. The van der Waals surface area contributed by atoms with Crippen LogP contribution in [0.2, 0.25) is 0 Å². The summed E-state index contributed by atoms with van der Waals surface area (Å²) in [5.41, 5.74) is 0.336. The standard InChI is InChI=1S/C13H14BrClFNO/c14-12-10(2-1-3-11(12)16)13(18)17-9-6-4-8(15)5-7-9/h1-3,8-9H,4-7H2,(H,17,18). The minimum atomic E-state index is -0.424. The van der Waals surface area contributed by atoms with Crippen molar-refractivity contribution >= 4 is 33.4 Å². The molecule has 0 aliphatic heterocycles. The van der Waals surface area contributed by atoms with Crippen molar-refractivity contribution in [2.45, 2.75) is 37.1 Å². The second-order valence-electron chi connectivity index (χ2n) is 4.52. The van der Waals surface area contributed by atoms with Gasteiger partial charge in [-0.25, -0.2) is 4.39 Å². The van der Waals surface area contributed by atoms with Gasteiger partial charge in [0.25, 0.3) is 5.91 Å². The monoisotopic (exact) mass is 333 g/mol. The lowest BCUT2D eigenvalue weighted by Crippen LogP contribution is -2.38. The van der Waals surface area contributed by atoms with E-state index in [4.69, 9.17) is 11.6 Å². The van der Waals surface area contributed by atoms with Gasteiger partial charge in [0.05, 0.1) is 10.0 Å². The van der Waals surface area contributed by atoms with Crippen molar-refractivity contribution in [1.29, 1.82) is 0 Å². The Bertz CT molecular complexity index is 447. The second kappa shape index (κ2) is 6.02. The molecule has 2 rings (SSSR count). The number of benzene rings is 1. The van der Waals surface area contributed by atoms with E-state index in [0.717, 1.165) is 25.7 Å². The molecule has 1 aliphatic carbocycles. The Morgan fingerprint density at radius 2 is 2.00 bits per heavy atom. The summed E-state index contributed by atoms with van der Waals surface area (Å²) in [6.07, 6.45) is 3.59. The van der Waals surface area contributed by atoms with Crippen molar-refractivity contribution in [2.75, 3.05) is 0 Å². The maximum absolute atomic E-state index is 13.3. The largest absolute Gasteiger partial charge is 0.349 e. The summed E-state index contributed by atoms with van der Waals surface area (Å²) in [6.45, 7) is 0. The molecule has 18 heavy (non-hydrogen) atoms. The predicted molar refractivity (Wildman–Crippen MR) is 73.5 cm³/mol. The van der Waals surface area contributed by atoms with E-state index in [2.05, 4.69) is 21.2 Å². The molecule has 98 valence electrons. The number of alkyl halides is 1. The van der Waals surface area contributed by atoms with Crippen LogP contribution < -0.4 is 5.32 Å². The van der Waals surface area contributed by atoms with Crippen molar-refractivity contribution in [3.63, 3.8) is 0 Å². The normalized spacial score (nSPS) is 23.7. The van der Waals surface area contributed by atoms with Crippen molar-refractivity contribution in [2.24, 2.45) is 0 Å². The summed E-state index contributed by atoms with van der Waals surface area (Å²) in [5.74, 6) is -0.661.